The van der Waals surface area contributed by atoms with Crippen LogP contribution in [0.1, 0.15) is 54.9 Å². The fourth-order valence-electron chi connectivity index (χ4n) is 4.20. The van der Waals surface area contributed by atoms with Crippen LogP contribution in [0, 0.1) is 12.8 Å². The molecule has 2 atom stereocenters. The van der Waals surface area contributed by atoms with Crippen molar-refractivity contribution in [1.29, 1.82) is 0 Å². The van der Waals surface area contributed by atoms with E-state index in [9.17, 15) is 4.79 Å². The highest BCUT2D eigenvalue weighted by Crippen LogP contribution is 2.24. The molecule has 2 unspecified atom stereocenters. The van der Waals surface area contributed by atoms with Crippen LogP contribution < -0.4 is 5.73 Å². The van der Waals surface area contributed by atoms with Crippen molar-refractivity contribution in [3.8, 4) is 0 Å². The predicted molar refractivity (Wildman–Crippen MR) is 99.1 cm³/mol. The molecule has 0 aromatic heterocycles. The van der Waals surface area contributed by atoms with E-state index in [1.807, 2.05) is 30.0 Å². The van der Waals surface area contributed by atoms with Gasteiger partial charge in [0.15, 0.2) is 0 Å². The number of benzene rings is 1. The fraction of sp³-hybridized carbons (Fsp3) is 0.650. The molecule has 2 aliphatic heterocycles. The molecule has 2 aliphatic rings. The van der Waals surface area contributed by atoms with Gasteiger partial charge in [-0.05, 0) is 69.7 Å². The predicted octanol–water partition coefficient (Wildman–Crippen LogP) is 3.30. The summed E-state index contributed by atoms with van der Waals surface area (Å²) in [6, 6.07) is 6.33. The van der Waals surface area contributed by atoms with Crippen molar-refractivity contribution in [2.24, 2.45) is 5.92 Å². The third-order valence-electron chi connectivity index (χ3n) is 5.73. The van der Waals surface area contributed by atoms with Gasteiger partial charge in [-0.1, -0.05) is 12.5 Å². The normalized spacial score (nSPS) is 25.7. The molecule has 4 nitrogen and oxygen atoms in total. The molecule has 0 aliphatic carbocycles. The molecule has 0 saturated carbocycles. The molecule has 2 heterocycles. The summed E-state index contributed by atoms with van der Waals surface area (Å²) in [5.41, 5.74) is 8.33. The van der Waals surface area contributed by atoms with Crippen LogP contribution in [0.3, 0.4) is 0 Å². The first-order valence-electron chi connectivity index (χ1n) is 9.44. The highest BCUT2D eigenvalue weighted by Gasteiger charge is 2.28. The molecule has 1 amide bonds. The summed E-state index contributed by atoms with van der Waals surface area (Å²) in [6.07, 6.45) is 6.35. The van der Waals surface area contributed by atoms with Gasteiger partial charge >= 0.3 is 0 Å². The molecule has 2 fully saturated rings. The van der Waals surface area contributed by atoms with E-state index in [-0.39, 0.29) is 5.91 Å². The van der Waals surface area contributed by atoms with E-state index in [0.29, 0.717) is 17.6 Å². The van der Waals surface area contributed by atoms with Crippen molar-refractivity contribution in [3.05, 3.63) is 29.3 Å². The number of hydrogen-bond acceptors (Lipinski definition) is 3. The van der Waals surface area contributed by atoms with Crippen molar-refractivity contribution >= 4 is 11.6 Å². The largest absolute Gasteiger partial charge is 0.399 e. The Labute approximate surface area is 146 Å². The van der Waals surface area contributed by atoms with Crippen LogP contribution in [0.5, 0.6) is 0 Å². The van der Waals surface area contributed by atoms with E-state index < -0.39 is 0 Å². The molecule has 3 rings (SSSR count). The Balaban J connectivity index is 1.64. The summed E-state index contributed by atoms with van der Waals surface area (Å²) < 4.78 is 0. The third-order valence-corrected chi connectivity index (χ3v) is 5.73. The van der Waals surface area contributed by atoms with Crippen molar-refractivity contribution < 1.29 is 4.79 Å². The molecular weight excluding hydrogens is 298 g/mol. The number of aryl methyl sites for hydroxylation is 1. The second kappa shape index (κ2) is 7.56. The SMILES string of the molecule is Cc1ccc(N)cc1C(=O)N1CCCC(CN2CCCCC2C)C1. The minimum atomic E-state index is 0.149. The van der Waals surface area contributed by atoms with Crippen LogP contribution in [0.15, 0.2) is 18.2 Å². The average molecular weight is 329 g/mol. The van der Waals surface area contributed by atoms with Crippen LogP contribution in [0.2, 0.25) is 0 Å². The summed E-state index contributed by atoms with van der Waals surface area (Å²) in [5.74, 6) is 0.751. The molecule has 24 heavy (non-hydrogen) atoms. The quantitative estimate of drug-likeness (QED) is 0.866. The Kier molecular flexibility index (Phi) is 5.44. The second-order valence-electron chi connectivity index (χ2n) is 7.67. The molecule has 4 heteroatoms. The Hall–Kier alpha value is -1.55. The van der Waals surface area contributed by atoms with Crippen molar-refractivity contribution in [3.63, 3.8) is 0 Å². The van der Waals surface area contributed by atoms with Crippen molar-refractivity contribution in [1.82, 2.24) is 9.80 Å². The lowest BCUT2D eigenvalue weighted by Crippen LogP contribution is -2.46. The Morgan fingerprint density at radius 3 is 2.83 bits per heavy atom. The van der Waals surface area contributed by atoms with Gasteiger partial charge in [0.1, 0.15) is 0 Å². The maximum atomic E-state index is 12.9. The molecule has 1 aromatic carbocycles. The van der Waals surface area contributed by atoms with Gasteiger partial charge in [-0.25, -0.2) is 0 Å². The number of nitrogens with zero attached hydrogens (tertiary/aromatic N) is 2. The van der Waals surface area contributed by atoms with Crippen LogP contribution in [-0.4, -0.2) is 47.9 Å². The maximum absolute atomic E-state index is 12.9. The summed E-state index contributed by atoms with van der Waals surface area (Å²) in [4.78, 5) is 17.6. The lowest BCUT2D eigenvalue weighted by Gasteiger charge is -2.39. The van der Waals surface area contributed by atoms with Crippen LogP contribution in [0.4, 0.5) is 5.69 Å². The molecule has 2 N–H and O–H groups in total. The number of anilines is 1. The number of nitrogens with two attached hydrogens (primary N) is 1. The number of piperidine rings is 2. The molecule has 1 aromatic rings. The third kappa shape index (κ3) is 3.92. The fourth-order valence-corrected chi connectivity index (χ4v) is 4.20. The maximum Gasteiger partial charge on any atom is 0.254 e. The zero-order valence-electron chi connectivity index (χ0n) is 15.1. The van der Waals surface area contributed by atoms with Crippen molar-refractivity contribution in [2.75, 3.05) is 31.9 Å². The van der Waals surface area contributed by atoms with Gasteiger partial charge in [-0.2, -0.15) is 0 Å². The average Bonchev–Trinajstić information content (AvgIpc) is 2.59. The van der Waals surface area contributed by atoms with Gasteiger partial charge in [0.05, 0.1) is 0 Å². The molecule has 2 saturated heterocycles. The van der Waals surface area contributed by atoms with Crippen LogP contribution >= 0.6 is 0 Å². The van der Waals surface area contributed by atoms with Crippen LogP contribution in [0.25, 0.3) is 0 Å². The first-order chi connectivity index (χ1) is 11.5. The van der Waals surface area contributed by atoms with E-state index in [1.165, 1.54) is 32.2 Å². The number of hydrogen-bond donors (Lipinski definition) is 1. The zero-order chi connectivity index (χ0) is 17.1. The highest BCUT2D eigenvalue weighted by molar-refractivity contribution is 5.96. The summed E-state index contributed by atoms with van der Waals surface area (Å²) in [5, 5.41) is 0. The Morgan fingerprint density at radius 2 is 2.04 bits per heavy atom. The lowest BCUT2D eigenvalue weighted by atomic mass is 9.94. The zero-order valence-corrected chi connectivity index (χ0v) is 15.1. The first kappa shape index (κ1) is 17.3. The van der Waals surface area contributed by atoms with Gasteiger partial charge in [0.2, 0.25) is 0 Å². The summed E-state index contributed by atoms with van der Waals surface area (Å²) in [7, 11) is 0. The summed E-state index contributed by atoms with van der Waals surface area (Å²) in [6.45, 7) is 8.46. The first-order valence-corrected chi connectivity index (χ1v) is 9.44. The number of likely N-dealkylation sites (tertiary alicyclic amines) is 2. The monoisotopic (exact) mass is 329 g/mol. The molecule has 0 radical (unpaired) electrons. The van der Waals surface area contributed by atoms with Gasteiger partial charge in [0, 0.05) is 36.9 Å². The van der Waals surface area contributed by atoms with E-state index >= 15 is 0 Å². The minimum Gasteiger partial charge on any atom is -0.399 e. The highest BCUT2D eigenvalue weighted by atomic mass is 16.2. The molecule has 0 bridgehead atoms. The van der Waals surface area contributed by atoms with Gasteiger partial charge in [-0.15, -0.1) is 0 Å². The number of carbonyl (C=O) groups excluding carboxylic acids is 1. The van der Waals surface area contributed by atoms with E-state index in [1.54, 1.807) is 0 Å². The Bertz CT molecular complexity index is 586. The second-order valence-corrected chi connectivity index (χ2v) is 7.67. The summed E-state index contributed by atoms with van der Waals surface area (Å²) >= 11 is 0. The standard InChI is InChI=1S/C20H31N3O/c1-15-8-9-18(21)12-19(15)20(24)23-11-5-7-17(14-23)13-22-10-4-3-6-16(22)2/h8-9,12,16-17H,3-7,10-11,13-14,21H2,1-2H3. The van der Waals surface area contributed by atoms with Gasteiger partial charge in [-0.3, -0.25) is 4.79 Å². The van der Waals surface area contributed by atoms with E-state index in [2.05, 4.69) is 11.8 Å². The van der Waals surface area contributed by atoms with E-state index in [4.69, 9.17) is 5.73 Å². The van der Waals surface area contributed by atoms with Crippen molar-refractivity contribution in [2.45, 2.75) is 52.0 Å². The minimum absolute atomic E-state index is 0.149. The lowest BCUT2D eigenvalue weighted by molar-refractivity contribution is 0.0594. The Morgan fingerprint density at radius 1 is 1.21 bits per heavy atom. The number of carbonyl (C=O) groups is 1. The van der Waals surface area contributed by atoms with E-state index in [0.717, 1.165) is 37.2 Å². The molecule has 132 valence electrons. The topological polar surface area (TPSA) is 49.6 Å². The number of rotatable bonds is 3. The van der Waals surface area contributed by atoms with Gasteiger partial charge < -0.3 is 15.5 Å². The number of nitrogen functional groups attached to an aromatic ring is 1. The molecular formula is C20H31N3O. The molecule has 0 spiro atoms. The van der Waals surface area contributed by atoms with Crippen LogP contribution in [-0.2, 0) is 0 Å². The number of amides is 1. The smallest absolute Gasteiger partial charge is 0.254 e. The van der Waals surface area contributed by atoms with Gasteiger partial charge in [0.25, 0.3) is 5.91 Å².